The quantitative estimate of drug-likeness (QED) is 0.797. The highest BCUT2D eigenvalue weighted by Gasteiger charge is 2.34. The highest BCUT2D eigenvalue weighted by Crippen LogP contribution is 2.20. The Morgan fingerprint density at radius 3 is 2.72 bits per heavy atom. The van der Waals surface area contributed by atoms with Crippen LogP contribution in [-0.2, 0) is 14.8 Å². The van der Waals surface area contributed by atoms with Crippen LogP contribution in [0, 0.1) is 0 Å². The van der Waals surface area contributed by atoms with E-state index in [1.807, 2.05) is 6.92 Å². The third-order valence-corrected chi connectivity index (χ3v) is 6.19. The molecule has 0 bridgehead atoms. The molecule has 0 aliphatic carbocycles. The minimum absolute atomic E-state index is 0.0938. The van der Waals surface area contributed by atoms with Crippen LogP contribution in [0.5, 0.6) is 0 Å². The van der Waals surface area contributed by atoms with E-state index in [2.05, 4.69) is 5.32 Å². The van der Waals surface area contributed by atoms with E-state index in [0.717, 1.165) is 38.8 Å². The minimum Gasteiger partial charge on any atom is -0.377 e. The van der Waals surface area contributed by atoms with Gasteiger partial charge in [0.25, 0.3) is 0 Å². The standard InChI is InChI=1S/C12H24N2O3S/c1-2-14(10-11-5-4-8-17-11)18(15,16)12-6-3-7-13-9-12/h11-13H,2-10H2,1H3. The van der Waals surface area contributed by atoms with Crippen LogP contribution >= 0.6 is 0 Å². The van der Waals surface area contributed by atoms with E-state index in [4.69, 9.17) is 4.74 Å². The molecule has 2 fully saturated rings. The van der Waals surface area contributed by atoms with Crippen molar-refractivity contribution in [1.82, 2.24) is 9.62 Å². The summed E-state index contributed by atoms with van der Waals surface area (Å²) in [7, 11) is -3.17. The Labute approximate surface area is 110 Å². The average Bonchev–Trinajstić information content (AvgIpc) is 2.89. The highest BCUT2D eigenvalue weighted by molar-refractivity contribution is 7.89. The molecule has 0 aromatic carbocycles. The van der Waals surface area contributed by atoms with Gasteiger partial charge in [-0.05, 0) is 32.2 Å². The summed E-state index contributed by atoms with van der Waals surface area (Å²) in [5, 5.41) is 2.92. The monoisotopic (exact) mass is 276 g/mol. The van der Waals surface area contributed by atoms with E-state index in [-0.39, 0.29) is 11.4 Å². The van der Waals surface area contributed by atoms with E-state index in [1.165, 1.54) is 0 Å². The largest absolute Gasteiger partial charge is 0.377 e. The molecule has 0 aromatic heterocycles. The lowest BCUT2D eigenvalue weighted by Gasteiger charge is -2.30. The molecule has 18 heavy (non-hydrogen) atoms. The van der Waals surface area contributed by atoms with E-state index >= 15 is 0 Å². The zero-order valence-electron chi connectivity index (χ0n) is 11.1. The van der Waals surface area contributed by atoms with Crippen molar-refractivity contribution in [2.45, 2.75) is 44.0 Å². The van der Waals surface area contributed by atoms with Crippen LogP contribution in [0.2, 0.25) is 0 Å². The van der Waals surface area contributed by atoms with Gasteiger partial charge in [0.05, 0.1) is 11.4 Å². The SMILES string of the molecule is CCN(CC1CCCO1)S(=O)(=O)C1CCCNC1. The summed E-state index contributed by atoms with van der Waals surface area (Å²) in [6.45, 7) is 5.26. The second-order valence-corrected chi connectivity index (χ2v) is 7.31. The topological polar surface area (TPSA) is 58.6 Å². The Hall–Kier alpha value is -0.170. The molecule has 2 saturated heterocycles. The van der Waals surface area contributed by atoms with Crippen molar-refractivity contribution >= 4 is 10.0 Å². The number of nitrogens with one attached hydrogen (secondary N) is 1. The molecule has 1 N–H and O–H groups in total. The van der Waals surface area contributed by atoms with Crippen LogP contribution in [0.1, 0.15) is 32.6 Å². The van der Waals surface area contributed by atoms with E-state index in [9.17, 15) is 8.42 Å². The van der Waals surface area contributed by atoms with E-state index in [0.29, 0.717) is 19.6 Å². The summed E-state index contributed by atoms with van der Waals surface area (Å²) in [6.07, 6.45) is 3.84. The van der Waals surface area contributed by atoms with Gasteiger partial charge in [0.1, 0.15) is 0 Å². The first-order valence-corrected chi connectivity index (χ1v) is 8.46. The molecule has 0 radical (unpaired) electrons. The summed E-state index contributed by atoms with van der Waals surface area (Å²) in [5.74, 6) is 0. The molecule has 0 amide bonds. The van der Waals surface area contributed by atoms with Crippen LogP contribution in [0.25, 0.3) is 0 Å². The fourth-order valence-corrected chi connectivity index (χ4v) is 4.66. The molecule has 2 unspecified atom stereocenters. The molecule has 0 saturated carbocycles. The van der Waals surface area contributed by atoms with Gasteiger partial charge in [-0.25, -0.2) is 8.42 Å². The van der Waals surface area contributed by atoms with E-state index in [1.54, 1.807) is 4.31 Å². The lowest BCUT2D eigenvalue weighted by Crippen LogP contribution is -2.48. The molecule has 2 aliphatic heterocycles. The fraction of sp³-hybridized carbons (Fsp3) is 1.00. The van der Waals surface area contributed by atoms with Gasteiger partial charge in [0, 0.05) is 26.2 Å². The lowest BCUT2D eigenvalue weighted by molar-refractivity contribution is 0.0943. The maximum absolute atomic E-state index is 12.5. The smallest absolute Gasteiger partial charge is 0.218 e. The zero-order chi connectivity index (χ0) is 13.0. The summed E-state index contributed by atoms with van der Waals surface area (Å²) < 4.78 is 32.2. The molecule has 106 valence electrons. The lowest BCUT2D eigenvalue weighted by atomic mass is 10.2. The number of hydrogen-bond donors (Lipinski definition) is 1. The van der Waals surface area contributed by atoms with Gasteiger partial charge in [0.15, 0.2) is 0 Å². The second-order valence-electron chi connectivity index (χ2n) is 5.10. The molecule has 5 nitrogen and oxygen atoms in total. The Balaban J connectivity index is 1.99. The molecule has 6 heteroatoms. The second kappa shape index (κ2) is 6.32. The Bertz CT molecular complexity index is 346. The molecule has 2 atom stereocenters. The third kappa shape index (κ3) is 3.23. The van der Waals surface area contributed by atoms with E-state index < -0.39 is 10.0 Å². The van der Waals surface area contributed by atoms with Crippen LogP contribution in [-0.4, -0.2) is 56.9 Å². The van der Waals surface area contributed by atoms with Crippen molar-refractivity contribution in [3.05, 3.63) is 0 Å². The Morgan fingerprint density at radius 2 is 2.17 bits per heavy atom. The summed E-state index contributed by atoms with van der Waals surface area (Å²) >= 11 is 0. The van der Waals surface area contributed by atoms with Crippen molar-refractivity contribution < 1.29 is 13.2 Å². The summed E-state index contributed by atoms with van der Waals surface area (Å²) in [6, 6.07) is 0. The average molecular weight is 276 g/mol. The number of rotatable bonds is 5. The first kappa shape index (κ1) is 14.2. The van der Waals surface area contributed by atoms with Crippen molar-refractivity contribution in [2.75, 3.05) is 32.8 Å². The molecule has 0 aromatic rings. The van der Waals surface area contributed by atoms with Gasteiger partial charge < -0.3 is 10.1 Å². The van der Waals surface area contributed by atoms with Crippen molar-refractivity contribution in [3.63, 3.8) is 0 Å². The number of ether oxygens (including phenoxy) is 1. The van der Waals surface area contributed by atoms with Gasteiger partial charge >= 0.3 is 0 Å². The minimum atomic E-state index is -3.17. The van der Waals surface area contributed by atoms with Crippen molar-refractivity contribution in [3.8, 4) is 0 Å². The molecule has 2 aliphatic rings. The summed E-state index contributed by atoms with van der Waals surface area (Å²) in [4.78, 5) is 0. The highest BCUT2D eigenvalue weighted by atomic mass is 32.2. The molecule has 2 rings (SSSR count). The fourth-order valence-electron chi connectivity index (χ4n) is 2.71. The third-order valence-electron chi connectivity index (χ3n) is 3.82. The van der Waals surface area contributed by atoms with Crippen molar-refractivity contribution in [2.24, 2.45) is 0 Å². The predicted octanol–water partition coefficient (Wildman–Crippen LogP) is 0.569. The summed E-state index contributed by atoms with van der Waals surface area (Å²) in [5.41, 5.74) is 0. The molecular formula is C12H24N2O3S. The Kier molecular flexibility index (Phi) is 5.00. The zero-order valence-corrected chi connectivity index (χ0v) is 11.9. The molecule has 2 heterocycles. The number of piperidine rings is 1. The normalized spacial score (nSPS) is 29.9. The van der Waals surface area contributed by atoms with Crippen LogP contribution in [0.3, 0.4) is 0 Å². The van der Waals surface area contributed by atoms with Crippen LogP contribution in [0.15, 0.2) is 0 Å². The van der Waals surface area contributed by atoms with Gasteiger partial charge in [-0.1, -0.05) is 6.92 Å². The number of hydrogen-bond acceptors (Lipinski definition) is 4. The first-order chi connectivity index (χ1) is 8.64. The van der Waals surface area contributed by atoms with Gasteiger partial charge in [-0.2, -0.15) is 4.31 Å². The maximum atomic E-state index is 12.5. The van der Waals surface area contributed by atoms with Crippen LogP contribution in [0.4, 0.5) is 0 Å². The van der Waals surface area contributed by atoms with Gasteiger partial charge in [-0.15, -0.1) is 0 Å². The van der Waals surface area contributed by atoms with Gasteiger partial charge in [0.2, 0.25) is 10.0 Å². The predicted molar refractivity (Wildman–Crippen MR) is 71.0 cm³/mol. The molecule has 0 spiro atoms. The number of likely N-dealkylation sites (N-methyl/N-ethyl adjacent to an activating group) is 1. The Morgan fingerprint density at radius 1 is 1.33 bits per heavy atom. The number of nitrogens with zero attached hydrogens (tertiary/aromatic N) is 1. The maximum Gasteiger partial charge on any atom is 0.218 e. The molecular weight excluding hydrogens is 252 g/mol. The first-order valence-electron chi connectivity index (χ1n) is 6.96. The van der Waals surface area contributed by atoms with Gasteiger partial charge in [-0.3, -0.25) is 0 Å². The van der Waals surface area contributed by atoms with Crippen molar-refractivity contribution in [1.29, 1.82) is 0 Å². The number of sulfonamides is 1. The van der Waals surface area contributed by atoms with Crippen LogP contribution < -0.4 is 5.32 Å².